The molecule has 2 aromatic carbocycles. The number of benzene rings is 2. The number of nitrogens with one attached hydrogen (secondary N) is 1. The van der Waals surface area contributed by atoms with Crippen LogP contribution >= 0.6 is 22.9 Å². The number of thiazole rings is 1. The summed E-state index contributed by atoms with van der Waals surface area (Å²) in [6.45, 7) is 3.22. The quantitative estimate of drug-likeness (QED) is 0.349. The van der Waals surface area contributed by atoms with E-state index in [-0.39, 0.29) is 11.5 Å². The first-order chi connectivity index (χ1) is 16.3. The van der Waals surface area contributed by atoms with Gasteiger partial charge in [-0.05, 0) is 48.9 Å². The number of methoxy groups -OCH3 is 2. The van der Waals surface area contributed by atoms with Crippen molar-refractivity contribution in [2.75, 3.05) is 24.4 Å². The summed E-state index contributed by atoms with van der Waals surface area (Å²) < 4.78 is 10.4. The Hall–Kier alpha value is -3.87. The minimum Gasteiger partial charge on any atom is -0.497 e. The molecule has 2 amide bonds. The third-order valence-electron chi connectivity index (χ3n) is 4.73. The molecule has 0 atom stereocenters. The minimum absolute atomic E-state index is 0.162. The first-order valence-corrected chi connectivity index (χ1v) is 11.2. The van der Waals surface area contributed by atoms with Crippen molar-refractivity contribution in [3.8, 4) is 17.6 Å². The van der Waals surface area contributed by atoms with E-state index in [2.05, 4.69) is 10.3 Å². The molecule has 0 fully saturated rings. The van der Waals surface area contributed by atoms with Crippen LogP contribution in [0, 0.1) is 18.3 Å². The predicted molar refractivity (Wildman–Crippen MR) is 133 cm³/mol. The van der Waals surface area contributed by atoms with E-state index in [1.807, 2.05) is 6.07 Å². The van der Waals surface area contributed by atoms with E-state index in [1.54, 1.807) is 55.8 Å². The van der Waals surface area contributed by atoms with E-state index in [0.717, 1.165) is 5.56 Å². The van der Waals surface area contributed by atoms with Gasteiger partial charge in [-0.1, -0.05) is 11.6 Å². The van der Waals surface area contributed by atoms with Gasteiger partial charge in [0.05, 0.1) is 31.3 Å². The maximum Gasteiger partial charge on any atom is 0.266 e. The van der Waals surface area contributed by atoms with E-state index in [0.29, 0.717) is 38.7 Å². The first-order valence-electron chi connectivity index (χ1n) is 9.95. The van der Waals surface area contributed by atoms with Crippen LogP contribution in [0.1, 0.15) is 18.2 Å². The van der Waals surface area contributed by atoms with Gasteiger partial charge < -0.3 is 14.8 Å². The van der Waals surface area contributed by atoms with Crippen molar-refractivity contribution in [3.05, 3.63) is 63.6 Å². The molecule has 174 valence electrons. The molecule has 3 aromatic rings. The highest BCUT2D eigenvalue weighted by Gasteiger charge is 2.19. The summed E-state index contributed by atoms with van der Waals surface area (Å²) in [7, 11) is 3.02. The van der Waals surface area contributed by atoms with Crippen LogP contribution in [0.4, 0.5) is 16.5 Å². The van der Waals surface area contributed by atoms with E-state index in [4.69, 9.17) is 21.1 Å². The van der Waals surface area contributed by atoms with E-state index >= 15 is 0 Å². The van der Waals surface area contributed by atoms with Crippen LogP contribution < -0.4 is 19.7 Å². The third kappa shape index (κ3) is 5.54. The summed E-state index contributed by atoms with van der Waals surface area (Å²) in [5.41, 5.74) is 1.95. The lowest BCUT2D eigenvalue weighted by atomic mass is 10.1. The van der Waals surface area contributed by atoms with E-state index in [9.17, 15) is 14.9 Å². The molecule has 0 saturated carbocycles. The van der Waals surface area contributed by atoms with Crippen LogP contribution in [0.5, 0.6) is 11.5 Å². The highest BCUT2D eigenvalue weighted by Crippen LogP contribution is 2.32. The Kier molecular flexibility index (Phi) is 7.89. The van der Waals surface area contributed by atoms with Crippen LogP contribution in [-0.2, 0) is 9.59 Å². The van der Waals surface area contributed by atoms with Crippen molar-refractivity contribution in [1.29, 1.82) is 5.26 Å². The molecule has 0 aliphatic carbocycles. The lowest BCUT2D eigenvalue weighted by Gasteiger charge is -2.18. The molecule has 0 aliphatic heterocycles. The Morgan fingerprint density at radius 1 is 1.21 bits per heavy atom. The molecular formula is C24H21ClN4O4S. The molecule has 0 saturated heterocycles. The average molecular weight is 497 g/mol. The van der Waals surface area contributed by atoms with Crippen LogP contribution in [0.25, 0.3) is 6.08 Å². The van der Waals surface area contributed by atoms with Gasteiger partial charge in [0.15, 0.2) is 5.13 Å². The molecule has 34 heavy (non-hydrogen) atoms. The number of anilines is 3. The Bertz CT molecular complexity index is 1300. The molecule has 0 radical (unpaired) electrons. The molecule has 0 spiro atoms. The number of hydrogen-bond donors (Lipinski definition) is 1. The molecule has 3 rings (SSSR count). The number of carbonyl (C=O) groups is 2. The molecule has 8 nitrogen and oxygen atoms in total. The highest BCUT2D eigenvalue weighted by molar-refractivity contribution is 7.14. The number of nitrogens with zero attached hydrogens (tertiary/aromatic N) is 3. The highest BCUT2D eigenvalue weighted by atomic mass is 35.5. The summed E-state index contributed by atoms with van der Waals surface area (Å²) in [5.74, 6) is 0.162. The number of aromatic nitrogens is 1. The number of aryl methyl sites for hydroxylation is 1. The van der Waals surface area contributed by atoms with Crippen LogP contribution in [-0.4, -0.2) is 31.0 Å². The summed E-state index contributed by atoms with van der Waals surface area (Å²) >= 11 is 7.32. The van der Waals surface area contributed by atoms with Gasteiger partial charge in [-0.2, -0.15) is 5.26 Å². The zero-order chi connectivity index (χ0) is 24.8. The second kappa shape index (κ2) is 10.8. The predicted octanol–water partition coefficient (Wildman–Crippen LogP) is 5.35. The van der Waals surface area contributed by atoms with Gasteiger partial charge in [-0.3, -0.25) is 14.5 Å². The summed E-state index contributed by atoms with van der Waals surface area (Å²) in [6.07, 6.45) is 1.36. The van der Waals surface area contributed by atoms with Gasteiger partial charge in [0, 0.05) is 23.4 Å². The smallest absolute Gasteiger partial charge is 0.266 e. The number of hydrogen-bond acceptors (Lipinski definition) is 7. The molecule has 1 N–H and O–H groups in total. The fourth-order valence-electron chi connectivity index (χ4n) is 3.02. The Labute approximate surface area is 206 Å². The van der Waals surface area contributed by atoms with Crippen molar-refractivity contribution < 1.29 is 19.1 Å². The summed E-state index contributed by atoms with van der Waals surface area (Å²) in [4.78, 5) is 30.9. The van der Waals surface area contributed by atoms with E-state index < -0.39 is 5.91 Å². The van der Waals surface area contributed by atoms with Crippen molar-refractivity contribution in [3.63, 3.8) is 0 Å². The van der Waals surface area contributed by atoms with Crippen LogP contribution in [0.3, 0.4) is 0 Å². The summed E-state index contributed by atoms with van der Waals surface area (Å²) in [5, 5.41) is 14.8. The zero-order valence-corrected chi connectivity index (χ0v) is 20.5. The SMILES string of the molecule is COc1ccc(N(C(C)=O)c2nc(C=C(C#N)C(=O)Nc3cc(C)c(Cl)cc3OC)cs2)cc1. The molecule has 0 unspecified atom stereocenters. The molecule has 0 aliphatic rings. The summed E-state index contributed by atoms with van der Waals surface area (Å²) in [6, 6.07) is 12.1. The Morgan fingerprint density at radius 2 is 1.91 bits per heavy atom. The van der Waals surface area contributed by atoms with Gasteiger partial charge >= 0.3 is 0 Å². The van der Waals surface area contributed by atoms with Gasteiger partial charge in [-0.15, -0.1) is 11.3 Å². The fourth-order valence-corrected chi connectivity index (χ4v) is 4.02. The molecule has 10 heteroatoms. The van der Waals surface area contributed by atoms with Crippen LogP contribution in [0.2, 0.25) is 5.02 Å². The van der Waals surface area contributed by atoms with Crippen LogP contribution in [0.15, 0.2) is 47.4 Å². The van der Waals surface area contributed by atoms with Crippen molar-refractivity contribution in [2.24, 2.45) is 0 Å². The maximum absolute atomic E-state index is 12.8. The number of nitriles is 1. The van der Waals surface area contributed by atoms with Gasteiger partial charge in [0.2, 0.25) is 5.91 Å². The van der Waals surface area contributed by atoms with Crippen molar-refractivity contribution in [1.82, 2.24) is 4.98 Å². The number of rotatable bonds is 7. The minimum atomic E-state index is -0.629. The average Bonchev–Trinajstić information content (AvgIpc) is 3.27. The molecule has 1 heterocycles. The fraction of sp³-hybridized carbons (Fsp3) is 0.167. The molecule has 0 bridgehead atoms. The number of halogens is 1. The van der Waals surface area contributed by atoms with Crippen molar-refractivity contribution in [2.45, 2.75) is 13.8 Å². The Balaban J connectivity index is 1.87. The lowest BCUT2D eigenvalue weighted by molar-refractivity contribution is -0.116. The maximum atomic E-state index is 12.8. The Morgan fingerprint density at radius 3 is 2.50 bits per heavy atom. The first kappa shape index (κ1) is 24.8. The monoisotopic (exact) mass is 496 g/mol. The van der Waals surface area contributed by atoms with Gasteiger partial charge in [0.25, 0.3) is 5.91 Å². The number of carbonyl (C=O) groups excluding carboxylic acids is 2. The number of amides is 2. The molecule has 1 aromatic heterocycles. The van der Waals surface area contributed by atoms with E-state index in [1.165, 1.54) is 36.3 Å². The lowest BCUT2D eigenvalue weighted by Crippen LogP contribution is -2.22. The second-order valence-electron chi connectivity index (χ2n) is 7.03. The normalized spacial score (nSPS) is 10.9. The topological polar surface area (TPSA) is 105 Å². The number of ether oxygens (including phenoxy) is 2. The second-order valence-corrected chi connectivity index (χ2v) is 8.28. The van der Waals surface area contributed by atoms with Gasteiger partial charge in [-0.25, -0.2) is 4.98 Å². The van der Waals surface area contributed by atoms with Crippen molar-refractivity contribution >= 4 is 57.3 Å². The third-order valence-corrected chi connectivity index (χ3v) is 5.98. The largest absolute Gasteiger partial charge is 0.497 e. The zero-order valence-electron chi connectivity index (χ0n) is 18.9. The van der Waals surface area contributed by atoms with Gasteiger partial charge in [0.1, 0.15) is 23.1 Å². The standard InChI is InChI=1S/C24H21ClN4O4S/c1-14-9-21(22(33-4)11-20(14)25)28-23(31)16(12-26)10-17-13-34-24(27-17)29(15(2)30)18-5-7-19(32-3)8-6-18/h5-11,13H,1-4H3,(H,28,31). The molecular weight excluding hydrogens is 476 g/mol.